The lowest BCUT2D eigenvalue weighted by atomic mass is 9.97. The molecule has 1 rings (SSSR count). The Bertz CT molecular complexity index is 181. The second-order valence-electron chi connectivity index (χ2n) is 5.20. The quantitative estimate of drug-likeness (QED) is 0.705. The maximum Gasteiger partial charge on any atom is 0.0618 e. The Hall–Kier alpha value is -0.120. The van der Waals surface area contributed by atoms with Crippen LogP contribution < -0.4 is 5.32 Å². The van der Waals surface area contributed by atoms with Crippen LogP contribution in [0.15, 0.2) is 0 Å². The topological polar surface area (TPSA) is 24.5 Å². The number of nitrogens with one attached hydrogen (secondary N) is 1. The Balaban J connectivity index is 2.34. The van der Waals surface area contributed by atoms with E-state index >= 15 is 0 Å². The molecule has 3 nitrogen and oxygen atoms in total. The molecule has 0 radical (unpaired) electrons. The molecule has 1 N–H and O–H groups in total. The lowest BCUT2D eigenvalue weighted by Crippen LogP contribution is -2.42. The van der Waals surface area contributed by atoms with Crippen LogP contribution in [0.3, 0.4) is 0 Å². The van der Waals surface area contributed by atoms with Crippen LogP contribution in [0.5, 0.6) is 0 Å². The Morgan fingerprint density at radius 1 is 1.29 bits per heavy atom. The van der Waals surface area contributed by atoms with E-state index in [1.807, 2.05) is 0 Å². The summed E-state index contributed by atoms with van der Waals surface area (Å²) in [5.74, 6) is 0.881. The molecule has 1 fully saturated rings. The van der Waals surface area contributed by atoms with Gasteiger partial charge in [0.2, 0.25) is 0 Å². The summed E-state index contributed by atoms with van der Waals surface area (Å²) in [4.78, 5) is 2.62. The lowest BCUT2D eigenvalue weighted by Gasteiger charge is -2.33. The van der Waals surface area contributed by atoms with Gasteiger partial charge >= 0.3 is 0 Å². The summed E-state index contributed by atoms with van der Waals surface area (Å²) in [6.07, 6.45) is 3.91. The summed E-state index contributed by atoms with van der Waals surface area (Å²) in [5.41, 5.74) is 0. The van der Waals surface area contributed by atoms with E-state index in [0.29, 0.717) is 6.04 Å². The monoisotopic (exact) mass is 242 g/mol. The molecule has 0 aromatic carbocycles. The van der Waals surface area contributed by atoms with Gasteiger partial charge in [0, 0.05) is 19.2 Å². The molecule has 0 spiro atoms. The fourth-order valence-corrected chi connectivity index (χ4v) is 2.57. The first-order valence-electron chi connectivity index (χ1n) is 7.30. The van der Waals surface area contributed by atoms with Crippen LogP contribution in [-0.4, -0.2) is 50.3 Å². The molecule has 0 amide bonds. The molecule has 1 aliphatic rings. The van der Waals surface area contributed by atoms with Gasteiger partial charge in [-0.15, -0.1) is 0 Å². The minimum atomic E-state index is 0.560. The zero-order valence-corrected chi connectivity index (χ0v) is 11.9. The van der Waals surface area contributed by atoms with E-state index in [9.17, 15) is 0 Å². The molecule has 1 saturated heterocycles. The van der Waals surface area contributed by atoms with Crippen molar-refractivity contribution in [2.75, 3.05) is 39.4 Å². The summed E-state index contributed by atoms with van der Waals surface area (Å²) in [6, 6.07) is 0.560. The molecule has 1 atom stereocenters. The second-order valence-corrected chi connectivity index (χ2v) is 5.20. The smallest absolute Gasteiger partial charge is 0.0618 e. The molecule has 0 aromatic rings. The van der Waals surface area contributed by atoms with Crippen LogP contribution in [0.4, 0.5) is 0 Å². The molecule has 0 aromatic heterocycles. The average Bonchev–Trinajstić information content (AvgIpc) is 2.36. The summed E-state index contributed by atoms with van der Waals surface area (Å²) in [5, 5.41) is 3.44. The predicted molar refractivity (Wildman–Crippen MR) is 73.4 cm³/mol. The van der Waals surface area contributed by atoms with E-state index < -0.39 is 0 Å². The highest BCUT2D eigenvalue weighted by molar-refractivity contribution is 4.75. The van der Waals surface area contributed by atoms with Crippen molar-refractivity contribution in [1.82, 2.24) is 10.2 Å². The molecule has 1 aliphatic heterocycles. The van der Waals surface area contributed by atoms with Crippen LogP contribution in [0, 0.1) is 5.92 Å². The van der Waals surface area contributed by atoms with E-state index in [2.05, 4.69) is 31.0 Å². The number of ether oxygens (including phenoxy) is 1. The molecule has 0 saturated carbocycles. The Kier molecular flexibility index (Phi) is 7.82. The summed E-state index contributed by atoms with van der Waals surface area (Å²) in [6.45, 7) is 13.2. The van der Waals surface area contributed by atoms with Crippen LogP contribution in [-0.2, 0) is 4.74 Å². The van der Waals surface area contributed by atoms with Crippen LogP contribution in [0.2, 0.25) is 0 Å². The lowest BCUT2D eigenvalue weighted by molar-refractivity contribution is 0.0621. The highest BCUT2D eigenvalue weighted by Gasteiger charge is 2.20. The predicted octanol–water partition coefficient (Wildman–Crippen LogP) is 2.12. The molecule has 3 heteroatoms. The third kappa shape index (κ3) is 5.84. The van der Waals surface area contributed by atoms with Gasteiger partial charge in [-0.2, -0.15) is 0 Å². The molecule has 17 heavy (non-hydrogen) atoms. The number of rotatable bonds is 8. The van der Waals surface area contributed by atoms with E-state index in [-0.39, 0.29) is 0 Å². The summed E-state index contributed by atoms with van der Waals surface area (Å²) >= 11 is 0. The molecule has 0 aliphatic carbocycles. The Morgan fingerprint density at radius 3 is 2.59 bits per heavy atom. The van der Waals surface area contributed by atoms with Gasteiger partial charge in [0.05, 0.1) is 6.61 Å². The van der Waals surface area contributed by atoms with Gasteiger partial charge in [0.15, 0.2) is 0 Å². The maximum absolute atomic E-state index is 5.56. The highest BCUT2D eigenvalue weighted by atomic mass is 16.5. The normalized spacial score (nSPS) is 19.8. The minimum Gasteiger partial charge on any atom is -0.380 e. The Labute approximate surface area is 107 Å². The third-order valence-electron chi connectivity index (χ3n) is 3.65. The van der Waals surface area contributed by atoms with Crippen molar-refractivity contribution in [1.29, 1.82) is 0 Å². The summed E-state index contributed by atoms with van der Waals surface area (Å²) in [7, 11) is 0. The maximum atomic E-state index is 5.56. The first kappa shape index (κ1) is 14.9. The van der Waals surface area contributed by atoms with Gasteiger partial charge in [-0.3, -0.25) is 4.90 Å². The van der Waals surface area contributed by atoms with Gasteiger partial charge in [0.1, 0.15) is 0 Å². The zero-order chi connectivity index (χ0) is 12.5. The average molecular weight is 242 g/mol. The standard InChI is InChI=1S/C14H30N2O/c1-4-10-16(13(3)12-17-5-2)11-14-6-8-15-9-7-14/h13-15H,4-12H2,1-3H3. The van der Waals surface area contributed by atoms with Gasteiger partial charge in [-0.25, -0.2) is 0 Å². The summed E-state index contributed by atoms with van der Waals surface area (Å²) < 4.78 is 5.56. The Morgan fingerprint density at radius 2 is 2.00 bits per heavy atom. The fourth-order valence-electron chi connectivity index (χ4n) is 2.57. The van der Waals surface area contributed by atoms with E-state index in [1.54, 1.807) is 0 Å². The first-order valence-corrected chi connectivity index (χ1v) is 7.30. The van der Waals surface area contributed by atoms with Crippen LogP contribution in [0.25, 0.3) is 0 Å². The third-order valence-corrected chi connectivity index (χ3v) is 3.65. The molecular formula is C14H30N2O. The number of hydrogen-bond donors (Lipinski definition) is 1. The number of hydrogen-bond acceptors (Lipinski definition) is 3. The zero-order valence-electron chi connectivity index (χ0n) is 11.9. The van der Waals surface area contributed by atoms with Gasteiger partial charge in [-0.1, -0.05) is 6.92 Å². The number of piperidine rings is 1. The van der Waals surface area contributed by atoms with Crippen molar-refractivity contribution in [3.8, 4) is 0 Å². The number of nitrogens with zero attached hydrogens (tertiary/aromatic N) is 1. The minimum absolute atomic E-state index is 0.560. The van der Waals surface area contributed by atoms with E-state index in [4.69, 9.17) is 4.74 Å². The van der Waals surface area contributed by atoms with Gasteiger partial charge in [-0.05, 0) is 58.7 Å². The van der Waals surface area contributed by atoms with E-state index in [1.165, 1.54) is 45.4 Å². The molecule has 0 bridgehead atoms. The van der Waals surface area contributed by atoms with Gasteiger partial charge in [0.25, 0.3) is 0 Å². The first-order chi connectivity index (χ1) is 8.27. The highest BCUT2D eigenvalue weighted by Crippen LogP contribution is 2.15. The van der Waals surface area contributed by atoms with Crippen LogP contribution in [0.1, 0.15) is 40.0 Å². The molecular weight excluding hydrogens is 212 g/mol. The van der Waals surface area contributed by atoms with Crippen molar-refractivity contribution in [2.45, 2.75) is 46.1 Å². The fraction of sp³-hybridized carbons (Fsp3) is 1.00. The largest absolute Gasteiger partial charge is 0.380 e. The molecule has 102 valence electrons. The molecule has 1 heterocycles. The van der Waals surface area contributed by atoms with Crippen LogP contribution >= 0.6 is 0 Å². The van der Waals surface area contributed by atoms with Crippen molar-refractivity contribution in [3.63, 3.8) is 0 Å². The van der Waals surface area contributed by atoms with Gasteiger partial charge < -0.3 is 10.1 Å². The SMILES string of the molecule is CCCN(CC1CCNCC1)C(C)COCC. The molecule has 1 unspecified atom stereocenters. The second kappa shape index (κ2) is 8.90. The van der Waals surface area contributed by atoms with Crippen molar-refractivity contribution in [2.24, 2.45) is 5.92 Å². The van der Waals surface area contributed by atoms with Crippen molar-refractivity contribution >= 4 is 0 Å². The van der Waals surface area contributed by atoms with Crippen molar-refractivity contribution < 1.29 is 4.74 Å². The van der Waals surface area contributed by atoms with Crippen molar-refractivity contribution in [3.05, 3.63) is 0 Å². The van der Waals surface area contributed by atoms with E-state index in [0.717, 1.165) is 19.1 Å².